The number of aromatic nitrogens is 2. The Balaban J connectivity index is 1.57. The predicted octanol–water partition coefficient (Wildman–Crippen LogP) is 6.04. The van der Waals surface area contributed by atoms with Crippen molar-refractivity contribution in [3.05, 3.63) is 143 Å². The Labute approximate surface area is 257 Å². The van der Waals surface area contributed by atoms with Gasteiger partial charge < -0.3 is 21.3 Å². The monoisotopic (exact) mass is 628 g/mol. The third-order valence-corrected chi connectivity index (χ3v) is 6.25. The Morgan fingerprint density at radius 3 is 0.696 bits per heavy atom. The van der Waals surface area contributed by atoms with Crippen LogP contribution < -0.4 is 21.3 Å². The van der Waals surface area contributed by atoms with Crippen molar-refractivity contribution in [1.29, 1.82) is 0 Å². The number of anilines is 4. The van der Waals surface area contributed by atoms with Gasteiger partial charge in [0.05, 0.1) is 0 Å². The van der Waals surface area contributed by atoms with Crippen LogP contribution in [0.1, 0.15) is 41.4 Å². The van der Waals surface area contributed by atoms with Crippen LogP contribution >= 0.6 is 0 Å². The molecule has 14 heteroatoms. The Morgan fingerprint density at radius 2 is 0.522 bits per heavy atom. The summed E-state index contributed by atoms with van der Waals surface area (Å²) in [6, 6.07) is 17.8. The summed E-state index contributed by atoms with van der Waals surface area (Å²) in [7, 11) is 0. The van der Waals surface area contributed by atoms with E-state index in [4.69, 9.17) is 0 Å². The maximum Gasteiger partial charge on any atom is 0.256 e. The smallest absolute Gasteiger partial charge is 0.256 e. The van der Waals surface area contributed by atoms with Gasteiger partial charge >= 0.3 is 0 Å². The van der Waals surface area contributed by atoms with Gasteiger partial charge in [-0.05, 0) is 97.1 Å². The van der Waals surface area contributed by atoms with Crippen molar-refractivity contribution in [2.75, 3.05) is 21.3 Å². The highest BCUT2D eigenvalue weighted by Gasteiger charge is 2.23. The van der Waals surface area contributed by atoms with Crippen molar-refractivity contribution >= 4 is 46.9 Å². The number of halogens is 4. The molecule has 4 N–H and O–H groups in total. The fraction of sp³-hybridized carbons (Fsp3) is 0. The van der Waals surface area contributed by atoms with Gasteiger partial charge in [-0.15, -0.1) is 0 Å². The molecule has 0 unspecified atom stereocenters. The molecule has 1 aromatic heterocycles. The molecule has 4 aromatic carbocycles. The number of carbonyl (C=O) groups excluding carboxylic acids is 4. The minimum atomic E-state index is -0.814. The minimum absolute atomic E-state index is 0.00963. The average molecular weight is 629 g/mol. The molecule has 0 radical (unpaired) electrons. The van der Waals surface area contributed by atoms with Crippen molar-refractivity contribution < 1.29 is 36.7 Å². The molecule has 0 bridgehead atoms. The van der Waals surface area contributed by atoms with Gasteiger partial charge in [0.15, 0.2) is 23.3 Å². The fourth-order valence-electron chi connectivity index (χ4n) is 3.91. The summed E-state index contributed by atoms with van der Waals surface area (Å²) in [4.78, 5) is 60.7. The van der Waals surface area contributed by atoms with E-state index in [1.54, 1.807) is 0 Å². The van der Waals surface area contributed by atoms with Crippen LogP contribution in [-0.2, 0) is 0 Å². The number of nitrogens with one attached hydrogen (secondary N) is 4. The van der Waals surface area contributed by atoms with Crippen molar-refractivity contribution in [1.82, 2.24) is 9.97 Å². The molecule has 0 saturated heterocycles. The molecular weight excluding hydrogens is 608 g/mol. The SMILES string of the molecule is O=C(Nc1nc(NC(=O)c2ccc(F)cc2)c(NC(=O)c2ccc(F)cc2)nc1NC(=O)c1ccc(F)cc1)c1ccc(F)cc1. The Morgan fingerprint density at radius 1 is 0.348 bits per heavy atom. The molecule has 0 atom stereocenters. The number of hydrogen-bond acceptors (Lipinski definition) is 6. The maximum atomic E-state index is 13.5. The Bertz CT molecular complexity index is 1660. The first kappa shape index (κ1) is 31.0. The molecule has 0 aliphatic rings. The topological polar surface area (TPSA) is 142 Å². The van der Waals surface area contributed by atoms with Crippen LogP contribution in [0.15, 0.2) is 97.1 Å². The van der Waals surface area contributed by atoms with Gasteiger partial charge in [-0.2, -0.15) is 0 Å². The summed E-state index contributed by atoms with van der Waals surface area (Å²) >= 11 is 0. The van der Waals surface area contributed by atoms with E-state index >= 15 is 0 Å². The molecule has 10 nitrogen and oxygen atoms in total. The van der Waals surface area contributed by atoms with Gasteiger partial charge in [0.1, 0.15) is 23.3 Å². The molecule has 5 aromatic rings. The third-order valence-electron chi connectivity index (χ3n) is 6.25. The van der Waals surface area contributed by atoms with Crippen molar-refractivity contribution in [2.45, 2.75) is 0 Å². The van der Waals surface area contributed by atoms with E-state index in [0.717, 1.165) is 48.5 Å². The van der Waals surface area contributed by atoms with Gasteiger partial charge in [0.2, 0.25) is 0 Å². The summed E-state index contributed by atoms with van der Waals surface area (Å²) in [6.45, 7) is 0. The van der Waals surface area contributed by atoms with Gasteiger partial charge in [-0.1, -0.05) is 0 Å². The molecule has 4 amide bonds. The van der Waals surface area contributed by atoms with Crippen LogP contribution in [0, 0.1) is 23.3 Å². The van der Waals surface area contributed by atoms with Crippen molar-refractivity contribution in [2.24, 2.45) is 0 Å². The lowest BCUT2D eigenvalue weighted by Gasteiger charge is -2.17. The molecule has 230 valence electrons. The quantitative estimate of drug-likeness (QED) is 0.154. The third kappa shape index (κ3) is 7.55. The summed E-state index contributed by atoms with van der Waals surface area (Å²) in [6.07, 6.45) is 0. The predicted molar refractivity (Wildman–Crippen MR) is 159 cm³/mol. The zero-order valence-electron chi connectivity index (χ0n) is 23.3. The molecule has 0 aliphatic carbocycles. The Hall–Kier alpha value is -6.44. The first-order valence-electron chi connectivity index (χ1n) is 13.3. The largest absolute Gasteiger partial charge is 0.303 e. The van der Waals surface area contributed by atoms with E-state index in [1.807, 2.05) is 0 Å². The van der Waals surface area contributed by atoms with Crippen molar-refractivity contribution in [3.63, 3.8) is 0 Å². The lowest BCUT2D eigenvalue weighted by molar-refractivity contribution is 0.101. The van der Waals surface area contributed by atoms with Crippen molar-refractivity contribution in [3.8, 4) is 0 Å². The maximum absolute atomic E-state index is 13.5. The van der Waals surface area contributed by atoms with Crippen LogP contribution in [0.25, 0.3) is 0 Å². The first-order chi connectivity index (χ1) is 22.0. The number of hydrogen-bond donors (Lipinski definition) is 4. The average Bonchev–Trinajstić information content (AvgIpc) is 3.04. The zero-order valence-corrected chi connectivity index (χ0v) is 23.3. The van der Waals surface area contributed by atoms with Crippen LogP contribution in [-0.4, -0.2) is 33.6 Å². The minimum Gasteiger partial charge on any atom is -0.303 e. The van der Waals surface area contributed by atoms with E-state index in [1.165, 1.54) is 48.5 Å². The van der Waals surface area contributed by atoms with Gasteiger partial charge in [-0.25, -0.2) is 27.5 Å². The summed E-state index contributed by atoms with van der Waals surface area (Å²) in [5.41, 5.74) is -0.0385. The molecule has 46 heavy (non-hydrogen) atoms. The fourth-order valence-corrected chi connectivity index (χ4v) is 3.91. The summed E-state index contributed by atoms with van der Waals surface area (Å²) in [5.74, 6) is -7.33. The molecule has 0 saturated carbocycles. The Kier molecular flexibility index (Phi) is 9.07. The second-order valence-electron chi connectivity index (χ2n) is 9.46. The second-order valence-corrected chi connectivity index (χ2v) is 9.46. The standard InChI is InChI=1S/C32H20F4N6O4/c33-21-9-1-17(2-10-21)29(43)39-25-26(40-30(44)18-3-11-22(34)12-4-18)38-28(42-32(46)20-7-15-24(36)16-8-20)27(37-25)41-31(45)19-5-13-23(35)14-6-19/h1-16H,(H2,37,39,41,43,45)(H2,38,40,42,44,46). The number of benzene rings is 4. The first-order valence-corrected chi connectivity index (χ1v) is 13.3. The molecule has 5 rings (SSSR count). The lowest BCUT2D eigenvalue weighted by Crippen LogP contribution is -2.23. The van der Waals surface area contributed by atoms with E-state index in [9.17, 15) is 36.7 Å². The van der Waals surface area contributed by atoms with Gasteiger partial charge in [-0.3, -0.25) is 19.2 Å². The second kappa shape index (κ2) is 13.5. The lowest BCUT2D eigenvalue weighted by atomic mass is 10.2. The van der Waals surface area contributed by atoms with Gasteiger partial charge in [0, 0.05) is 22.3 Å². The highest BCUT2D eigenvalue weighted by molar-refractivity contribution is 6.12. The summed E-state index contributed by atoms with van der Waals surface area (Å²) < 4.78 is 53.8. The number of nitrogens with zero attached hydrogens (tertiary/aromatic N) is 2. The van der Waals surface area contributed by atoms with Crippen LogP contribution in [0.4, 0.5) is 40.8 Å². The number of carbonyl (C=O) groups is 4. The molecule has 1 heterocycles. The van der Waals surface area contributed by atoms with E-state index in [0.29, 0.717) is 0 Å². The molecule has 0 spiro atoms. The molecule has 0 fully saturated rings. The van der Waals surface area contributed by atoms with E-state index < -0.39 is 70.2 Å². The van der Waals surface area contributed by atoms with E-state index in [-0.39, 0.29) is 22.3 Å². The van der Waals surface area contributed by atoms with Crippen LogP contribution in [0.3, 0.4) is 0 Å². The molecule has 0 aliphatic heterocycles. The number of rotatable bonds is 8. The molecular formula is C32H20F4N6O4. The number of amides is 4. The van der Waals surface area contributed by atoms with Crippen LogP contribution in [0.5, 0.6) is 0 Å². The highest BCUT2D eigenvalue weighted by atomic mass is 19.1. The highest BCUT2D eigenvalue weighted by Crippen LogP contribution is 2.28. The normalized spacial score (nSPS) is 10.5. The summed E-state index contributed by atoms with van der Waals surface area (Å²) in [5, 5.41) is 9.71. The zero-order chi connectivity index (χ0) is 32.8. The van der Waals surface area contributed by atoms with Gasteiger partial charge in [0.25, 0.3) is 23.6 Å². The van der Waals surface area contributed by atoms with E-state index in [2.05, 4.69) is 31.2 Å². The van der Waals surface area contributed by atoms with Crippen LogP contribution in [0.2, 0.25) is 0 Å².